The number of nitrogens with zero attached hydrogens (tertiary/aromatic N) is 3. The molecule has 0 saturated heterocycles. The van der Waals surface area contributed by atoms with Gasteiger partial charge in [-0.1, -0.05) is 30.3 Å². The molecule has 5 nitrogen and oxygen atoms in total. The summed E-state index contributed by atoms with van der Waals surface area (Å²) < 4.78 is 1.65. The summed E-state index contributed by atoms with van der Waals surface area (Å²) >= 11 is 0. The third kappa shape index (κ3) is 2.09. The largest absolute Gasteiger partial charge is 0.507 e. The third-order valence-corrected chi connectivity index (χ3v) is 3.06. The van der Waals surface area contributed by atoms with Crippen LogP contribution < -0.4 is 5.73 Å². The van der Waals surface area contributed by atoms with E-state index in [4.69, 9.17) is 5.73 Å². The van der Waals surface area contributed by atoms with E-state index >= 15 is 0 Å². The lowest BCUT2D eigenvalue weighted by Crippen LogP contribution is -1.95. The summed E-state index contributed by atoms with van der Waals surface area (Å²) in [5, 5.41) is 14.4. The molecule has 3 aromatic rings. The summed E-state index contributed by atoms with van der Waals surface area (Å²) in [6.07, 6.45) is 0. The first-order valence-electron chi connectivity index (χ1n) is 6.20. The standard InChI is InChI=1S/C15H14N4O/c1-19-15(12-8-7-11(16)9-13(12)20)17-14(18-19)10-5-3-2-4-6-10/h2-9,20H,16H2,1H3. The summed E-state index contributed by atoms with van der Waals surface area (Å²) in [7, 11) is 1.80. The highest BCUT2D eigenvalue weighted by atomic mass is 16.3. The Bertz CT molecular complexity index is 750. The quantitative estimate of drug-likeness (QED) is 0.698. The van der Waals surface area contributed by atoms with Crippen LogP contribution in [0.2, 0.25) is 0 Å². The Morgan fingerprint density at radius 3 is 2.55 bits per heavy atom. The second-order valence-electron chi connectivity index (χ2n) is 4.53. The van der Waals surface area contributed by atoms with E-state index < -0.39 is 0 Å². The average molecular weight is 266 g/mol. The van der Waals surface area contributed by atoms with Gasteiger partial charge in [-0.2, -0.15) is 5.10 Å². The van der Waals surface area contributed by atoms with Gasteiger partial charge in [0.25, 0.3) is 0 Å². The average Bonchev–Trinajstić information content (AvgIpc) is 2.82. The number of nitrogen functional groups attached to an aromatic ring is 1. The number of nitrogens with two attached hydrogens (primary N) is 1. The van der Waals surface area contributed by atoms with E-state index in [0.29, 0.717) is 22.9 Å². The second-order valence-corrected chi connectivity index (χ2v) is 4.53. The molecule has 0 saturated carbocycles. The van der Waals surface area contributed by atoms with Crippen molar-refractivity contribution in [2.75, 3.05) is 5.73 Å². The van der Waals surface area contributed by atoms with Crippen LogP contribution in [0.25, 0.3) is 22.8 Å². The van der Waals surface area contributed by atoms with Gasteiger partial charge in [0.1, 0.15) is 5.75 Å². The molecule has 0 aliphatic heterocycles. The molecule has 3 rings (SSSR count). The van der Waals surface area contributed by atoms with Crippen molar-refractivity contribution in [1.29, 1.82) is 0 Å². The molecular formula is C15H14N4O. The minimum atomic E-state index is 0.0973. The van der Waals surface area contributed by atoms with Crippen molar-refractivity contribution in [3.8, 4) is 28.5 Å². The zero-order valence-corrected chi connectivity index (χ0v) is 11.0. The van der Waals surface area contributed by atoms with Crippen molar-refractivity contribution in [3.63, 3.8) is 0 Å². The van der Waals surface area contributed by atoms with Gasteiger partial charge < -0.3 is 10.8 Å². The lowest BCUT2D eigenvalue weighted by Gasteiger charge is -2.03. The third-order valence-electron chi connectivity index (χ3n) is 3.06. The van der Waals surface area contributed by atoms with E-state index in [1.165, 1.54) is 6.07 Å². The molecule has 20 heavy (non-hydrogen) atoms. The predicted molar refractivity (Wildman–Crippen MR) is 78.0 cm³/mol. The Morgan fingerprint density at radius 2 is 1.85 bits per heavy atom. The van der Waals surface area contributed by atoms with Crippen LogP contribution in [0, 0.1) is 0 Å². The van der Waals surface area contributed by atoms with Gasteiger partial charge in [0.2, 0.25) is 0 Å². The maximum Gasteiger partial charge on any atom is 0.181 e. The Morgan fingerprint density at radius 1 is 1.10 bits per heavy atom. The Kier molecular flexibility index (Phi) is 2.87. The number of aromatic nitrogens is 3. The smallest absolute Gasteiger partial charge is 0.181 e. The fourth-order valence-electron chi connectivity index (χ4n) is 2.07. The van der Waals surface area contributed by atoms with Crippen LogP contribution in [0.15, 0.2) is 48.5 Å². The molecule has 0 aliphatic rings. The number of aryl methyl sites for hydroxylation is 1. The van der Waals surface area contributed by atoms with Crippen molar-refractivity contribution < 1.29 is 5.11 Å². The first-order valence-corrected chi connectivity index (χ1v) is 6.20. The number of phenols is 1. The number of anilines is 1. The lowest BCUT2D eigenvalue weighted by molar-refractivity contribution is 0.476. The van der Waals surface area contributed by atoms with Crippen LogP contribution >= 0.6 is 0 Å². The molecule has 0 spiro atoms. The van der Waals surface area contributed by atoms with E-state index in [1.807, 2.05) is 30.3 Å². The molecule has 0 bridgehead atoms. The molecule has 5 heteroatoms. The minimum Gasteiger partial charge on any atom is -0.507 e. The first-order chi connectivity index (χ1) is 9.65. The number of benzene rings is 2. The minimum absolute atomic E-state index is 0.0973. The molecule has 0 fully saturated rings. The van der Waals surface area contributed by atoms with Gasteiger partial charge >= 0.3 is 0 Å². The predicted octanol–water partition coefficient (Wildman–Crippen LogP) is 2.44. The van der Waals surface area contributed by atoms with Crippen molar-refractivity contribution in [2.24, 2.45) is 7.05 Å². The van der Waals surface area contributed by atoms with E-state index in [1.54, 1.807) is 23.9 Å². The number of hydrogen-bond donors (Lipinski definition) is 2. The van der Waals surface area contributed by atoms with Gasteiger partial charge in [-0.15, -0.1) is 0 Å². The molecule has 0 amide bonds. The normalized spacial score (nSPS) is 10.7. The van der Waals surface area contributed by atoms with Gasteiger partial charge in [0.05, 0.1) is 5.56 Å². The van der Waals surface area contributed by atoms with Gasteiger partial charge in [-0.05, 0) is 12.1 Å². The van der Waals surface area contributed by atoms with E-state index in [-0.39, 0.29) is 5.75 Å². The molecule has 1 heterocycles. The summed E-state index contributed by atoms with van der Waals surface area (Å²) in [6, 6.07) is 14.7. The molecule has 100 valence electrons. The summed E-state index contributed by atoms with van der Waals surface area (Å²) in [4.78, 5) is 4.49. The van der Waals surface area contributed by atoms with Gasteiger partial charge in [0.15, 0.2) is 11.6 Å². The zero-order valence-electron chi connectivity index (χ0n) is 11.0. The maximum absolute atomic E-state index is 9.99. The first kappa shape index (κ1) is 12.2. The molecule has 1 aromatic heterocycles. The molecule has 0 radical (unpaired) electrons. The SMILES string of the molecule is Cn1nc(-c2ccccc2)nc1-c1ccc(N)cc1O. The molecule has 2 aromatic carbocycles. The van der Waals surface area contributed by atoms with Crippen LogP contribution in [0.3, 0.4) is 0 Å². The van der Waals surface area contributed by atoms with Gasteiger partial charge in [-0.25, -0.2) is 9.67 Å². The summed E-state index contributed by atoms with van der Waals surface area (Å²) in [5.74, 6) is 1.32. The van der Waals surface area contributed by atoms with Crippen LogP contribution in [-0.4, -0.2) is 19.9 Å². The summed E-state index contributed by atoms with van der Waals surface area (Å²) in [5.41, 5.74) is 7.69. The monoisotopic (exact) mass is 266 g/mol. The topological polar surface area (TPSA) is 77.0 Å². The highest BCUT2D eigenvalue weighted by molar-refractivity contribution is 5.69. The van der Waals surface area contributed by atoms with Crippen molar-refractivity contribution in [2.45, 2.75) is 0 Å². The molecule has 3 N–H and O–H groups in total. The van der Waals surface area contributed by atoms with Crippen molar-refractivity contribution in [1.82, 2.24) is 14.8 Å². The number of rotatable bonds is 2. The lowest BCUT2D eigenvalue weighted by atomic mass is 10.1. The number of phenolic OH excluding ortho intramolecular Hbond substituents is 1. The Balaban J connectivity index is 2.10. The highest BCUT2D eigenvalue weighted by Gasteiger charge is 2.14. The zero-order chi connectivity index (χ0) is 14.1. The maximum atomic E-state index is 9.99. The molecule has 0 atom stereocenters. The van der Waals surface area contributed by atoms with Crippen LogP contribution in [0.1, 0.15) is 0 Å². The number of aromatic hydroxyl groups is 1. The van der Waals surface area contributed by atoms with Crippen LogP contribution in [0.4, 0.5) is 5.69 Å². The molecule has 0 unspecified atom stereocenters. The number of hydrogen-bond acceptors (Lipinski definition) is 4. The van der Waals surface area contributed by atoms with Crippen molar-refractivity contribution >= 4 is 5.69 Å². The Hall–Kier alpha value is -2.82. The van der Waals surface area contributed by atoms with Gasteiger partial charge in [0, 0.05) is 24.4 Å². The van der Waals surface area contributed by atoms with Crippen LogP contribution in [0.5, 0.6) is 5.75 Å². The summed E-state index contributed by atoms with van der Waals surface area (Å²) in [6.45, 7) is 0. The Labute approximate surface area is 116 Å². The van der Waals surface area contributed by atoms with Crippen molar-refractivity contribution in [3.05, 3.63) is 48.5 Å². The van der Waals surface area contributed by atoms with E-state index in [0.717, 1.165) is 5.56 Å². The van der Waals surface area contributed by atoms with E-state index in [2.05, 4.69) is 10.1 Å². The fourth-order valence-corrected chi connectivity index (χ4v) is 2.07. The van der Waals surface area contributed by atoms with Gasteiger partial charge in [-0.3, -0.25) is 0 Å². The fraction of sp³-hybridized carbons (Fsp3) is 0.0667. The second kappa shape index (κ2) is 4.70. The van der Waals surface area contributed by atoms with Crippen LogP contribution in [-0.2, 0) is 7.05 Å². The molecular weight excluding hydrogens is 252 g/mol. The highest BCUT2D eigenvalue weighted by Crippen LogP contribution is 2.30. The molecule has 0 aliphatic carbocycles. The van der Waals surface area contributed by atoms with E-state index in [9.17, 15) is 5.11 Å².